The maximum absolute atomic E-state index is 9.43. The Balaban J connectivity index is 2.02. The first-order valence-electron chi connectivity index (χ1n) is 6.17. The Hall–Kier alpha value is -0.690. The first-order valence-corrected chi connectivity index (χ1v) is 6.61. The van der Waals surface area contributed by atoms with E-state index in [1.54, 1.807) is 6.07 Å². The Labute approximate surface area is 102 Å². The van der Waals surface area contributed by atoms with E-state index in [4.69, 9.17) is 11.6 Å². The van der Waals surface area contributed by atoms with Gasteiger partial charge in [-0.2, -0.15) is 0 Å². The third-order valence-electron chi connectivity index (χ3n) is 3.47. The highest BCUT2D eigenvalue weighted by molar-refractivity contribution is 6.20. The molecule has 2 heteroatoms. The molecule has 1 saturated carbocycles. The summed E-state index contributed by atoms with van der Waals surface area (Å²) in [6.45, 7) is 0. The maximum Gasteiger partial charge on any atom is 0.115 e. The number of hydrogen-bond donors (Lipinski definition) is 1. The van der Waals surface area contributed by atoms with E-state index in [9.17, 15) is 5.11 Å². The Kier molecular flexibility index (Phi) is 4.11. The number of halogens is 1. The molecule has 0 amide bonds. The van der Waals surface area contributed by atoms with Crippen molar-refractivity contribution in [3.8, 4) is 5.75 Å². The van der Waals surface area contributed by atoms with Gasteiger partial charge >= 0.3 is 0 Å². The van der Waals surface area contributed by atoms with E-state index < -0.39 is 0 Å². The first kappa shape index (κ1) is 11.8. The molecule has 2 unspecified atom stereocenters. The molecule has 0 spiro atoms. The van der Waals surface area contributed by atoms with Crippen molar-refractivity contribution < 1.29 is 5.11 Å². The minimum Gasteiger partial charge on any atom is -0.508 e. The second kappa shape index (κ2) is 5.58. The van der Waals surface area contributed by atoms with Crippen LogP contribution in [0.2, 0.25) is 0 Å². The molecule has 16 heavy (non-hydrogen) atoms. The van der Waals surface area contributed by atoms with Gasteiger partial charge in [0, 0.05) is 5.38 Å². The molecule has 1 aromatic rings. The van der Waals surface area contributed by atoms with Crippen LogP contribution >= 0.6 is 11.6 Å². The van der Waals surface area contributed by atoms with Gasteiger partial charge in [0.25, 0.3) is 0 Å². The van der Waals surface area contributed by atoms with Crippen molar-refractivity contribution in [2.75, 3.05) is 0 Å². The standard InChI is InChI=1S/C14H19ClO/c15-14-8-3-1-2-6-12(14)9-11-5-4-7-13(16)10-11/h4-5,7,10,12,14,16H,1-3,6,8-9H2. The van der Waals surface area contributed by atoms with Gasteiger partial charge in [-0.15, -0.1) is 11.6 Å². The predicted molar refractivity (Wildman–Crippen MR) is 68.0 cm³/mol. The molecule has 0 bridgehead atoms. The molecule has 2 rings (SSSR count). The first-order chi connectivity index (χ1) is 7.75. The summed E-state index contributed by atoms with van der Waals surface area (Å²) in [5.41, 5.74) is 1.21. The molecule has 0 aromatic heterocycles. The lowest BCUT2D eigenvalue weighted by atomic mass is 9.92. The van der Waals surface area contributed by atoms with Crippen LogP contribution in [0.5, 0.6) is 5.75 Å². The van der Waals surface area contributed by atoms with Crippen molar-refractivity contribution in [1.82, 2.24) is 0 Å². The summed E-state index contributed by atoms with van der Waals surface area (Å²) in [6, 6.07) is 7.56. The van der Waals surface area contributed by atoms with Crippen molar-refractivity contribution in [3.05, 3.63) is 29.8 Å². The summed E-state index contributed by atoms with van der Waals surface area (Å²) < 4.78 is 0. The van der Waals surface area contributed by atoms with Crippen LogP contribution in [0.4, 0.5) is 0 Å². The highest BCUT2D eigenvalue weighted by Gasteiger charge is 2.21. The van der Waals surface area contributed by atoms with Gasteiger partial charge in [-0.1, -0.05) is 31.4 Å². The molecule has 1 aliphatic rings. The number of rotatable bonds is 2. The van der Waals surface area contributed by atoms with Crippen LogP contribution in [0.1, 0.15) is 37.7 Å². The monoisotopic (exact) mass is 238 g/mol. The van der Waals surface area contributed by atoms with E-state index in [0.717, 1.165) is 12.8 Å². The van der Waals surface area contributed by atoms with Crippen molar-refractivity contribution >= 4 is 11.6 Å². The van der Waals surface area contributed by atoms with Crippen LogP contribution in [0.3, 0.4) is 0 Å². The quantitative estimate of drug-likeness (QED) is 0.607. The predicted octanol–water partition coefficient (Wildman–Crippen LogP) is 4.12. The highest BCUT2D eigenvalue weighted by Crippen LogP contribution is 2.30. The SMILES string of the molecule is Oc1cccc(CC2CCCCCC2Cl)c1. The average molecular weight is 239 g/mol. The molecular weight excluding hydrogens is 220 g/mol. The van der Waals surface area contributed by atoms with Crippen molar-refractivity contribution in [1.29, 1.82) is 0 Å². The van der Waals surface area contributed by atoms with Crippen molar-refractivity contribution in [2.24, 2.45) is 5.92 Å². The Morgan fingerprint density at radius 3 is 2.81 bits per heavy atom. The topological polar surface area (TPSA) is 20.2 Å². The summed E-state index contributed by atoms with van der Waals surface area (Å²) in [5.74, 6) is 0.934. The van der Waals surface area contributed by atoms with Gasteiger partial charge in [-0.3, -0.25) is 0 Å². The minimum atomic E-state index is 0.310. The van der Waals surface area contributed by atoms with Crippen molar-refractivity contribution in [3.63, 3.8) is 0 Å². The minimum absolute atomic E-state index is 0.310. The molecule has 0 saturated heterocycles. The molecule has 1 aromatic carbocycles. The molecule has 88 valence electrons. The fourth-order valence-corrected chi connectivity index (χ4v) is 2.92. The number of benzene rings is 1. The zero-order valence-corrected chi connectivity index (χ0v) is 10.3. The third kappa shape index (κ3) is 3.15. The second-order valence-electron chi connectivity index (χ2n) is 4.79. The zero-order chi connectivity index (χ0) is 11.4. The van der Waals surface area contributed by atoms with E-state index in [-0.39, 0.29) is 0 Å². The zero-order valence-electron chi connectivity index (χ0n) is 9.53. The normalized spacial score (nSPS) is 26.3. The van der Waals surface area contributed by atoms with Gasteiger partial charge in [0.15, 0.2) is 0 Å². The van der Waals surface area contributed by atoms with Crippen LogP contribution in [0, 0.1) is 5.92 Å². The fraction of sp³-hybridized carbons (Fsp3) is 0.571. The molecular formula is C14H19ClO. The summed E-state index contributed by atoms with van der Waals surface area (Å²) in [4.78, 5) is 0. The lowest BCUT2D eigenvalue weighted by Crippen LogP contribution is -2.15. The van der Waals surface area contributed by atoms with Gasteiger partial charge in [0.1, 0.15) is 5.75 Å². The maximum atomic E-state index is 9.43. The Bertz CT molecular complexity index is 337. The van der Waals surface area contributed by atoms with Gasteiger partial charge in [0.05, 0.1) is 0 Å². The van der Waals surface area contributed by atoms with Gasteiger partial charge in [-0.25, -0.2) is 0 Å². The van der Waals surface area contributed by atoms with Crippen molar-refractivity contribution in [2.45, 2.75) is 43.9 Å². The molecule has 0 heterocycles. The second-order valence-corrected chi connectivity index (χ2v) is 5.35. The van der Waals surface area contributed by atoms with Crippen LogP contribution in [0.25, 0.3) is 0 Å². The molecule has 0 aliphatic heterocycles. The lowest BCUT2D eigenvalue weighted by molar-refractivity contribution is 0.457. The number of aromatic hydroxyl groups is 1. The summed E-state index contributed by atoms with van der Waals surface area (Å²) in [5, 5.41) is 9.74. The van der Waals surface area contributed by atoms with Crippen LogP contribution in [0.15, 0.2) is 24.3 Å². The third-order valence-corrected chi connectivity index (χ3v) is 4.05. The molecule has 1 aliphatic carbocycles. The number of phenols is 1. The summed E-state index contributed by atoms with van der Waals surface area (Å²) in [6.07, 6.45) is 7.26. The van der Waals surface area contributed by atoms with E-state index >= 15 is 0 Å². The highest BCUT2D eigenvalue weighted by atomic mass is 35.5. The Morgan fingerprint density at radius 2 is 2.00 bits per heavy atom. The van der Waals surface area contributed by atoms with Gasteiger partial charge in [0.2, 0.25) is 0 Å². The summed E-state index contributed by atoms with van der Waals surface area (Å²) >= 11 is 6.41. The van der Waals surface area contributed by atoms with E-state index in [0.29, 0.717) is 17.0 Å². The van der Waals surface area contributed by atoms with Gasteiger partial charge in [-0.05, 0) is 42.9 Å². The van der Waals surface area contributed by atoms with E-state index in [1.165, 1.54) is 31.2 Å². The molecule has 1 fully saturated rings. The Morgan fingerprint density at radius 1 is 1.19 bits per heavy atom. The molecule has 2 atom stereocenters. The van der Waals surface area contributed by atoms with E-state index in [1.807, 2.05) is 12.1 Å². The van der Waals surface area contributed by atoms with Gasteiger partial charge < -0.3 is 5.11 Å². The lowest BCUT2D eigenvalue weighted by Gasteiger charge is -2.19. The smallest absolute Gasteiger partial charge is 0.115 e. The average Bonchev–Trinajstić information content (AvgIpc) is 2.45. The largest absolute Gasteiger partial charge is 0.508 e. The van der Waals surface area contributed by atoms with Crippen LogP contribution in [-0.2, 0) is 6.42 Å². The fourth-order valence-electron chi connectivity index (χ4n) is 2.56. The van der Waals surface area contributed by atoms with Crippen LogP contribution < -0.4 is 0 Å². The number of hydrogen-bond acceptors (Lipinski definition) is 1. The molecule has 1 nitrogen and oxygen atoms in total. The van der Waals surface area contributed by atoms with E-state index in [2.05, 4.69) is 6.07 Å². The number of alkyl halides is 1. The molecule has 0 radical (unpaired) electrons. The molecule has 1 N–H and O–H groups in total. The summed E-state index contributed by atoms with van der Waals surface area (Å²) in [7, 11) is 0. The number of phenolic OH excluding ortho intramolecular Hbond substituents is 1. The van der Waals surface area contributed by atoms with Crippen LogP contribution in [-0.4, -0.2) is 10.5 Å².